The average Bonchev–Trinajstić information content (AvgIpc) is 2.45. The van der Waals surface area contributed by atoms with Gasteiger partial charge in [0.25, 0.3) is 0 Å². The number of rotatable bonds is 6. The molecule has 1 aromatic carbocycles. The van der Waals surface area contributed by atoms with Gasteiger partial charge in [-0.1, -0.05) is 18.2 Å². The van der Waals surface area contributed by atoms with Crippen LogP contribution < -0.4 is 10.6 Å². The number of anilines is 1. The molecule has 0 heterocycles. The molecule has 2 N–H and O–H groups in total. The van der Waals surface area contributed by atoms with Crippen LogP contribution in [0.4, 0.5) is 5.69 Å². The smallest absolute Gasteiger partial charge is 0.333 e. The van der Waals surface area contributed by atoms with E-state index in [-0.39, 0.29) is 17.9 Å². The maximum absolute atomic E-state index is 11.2. The van der Waals surface area contributed by atoms with Gasteiger partial charge in [-0.05, 0) is 31.5 Å². The van der Waals surface area contributed by atoms with Crippen LogP contribution in [0.15, 0.2) is 35.9 Å². The van der Waals surface area contributed by atoms with Crippen molar-refractivity contribution in [3.8, 4) is 0 Å². The number of ether oxygens (including phenoxy) is 1. The summed E-state index contributed by atoms with van der Waals surface area (Å²) in [7, 11) is 1.36. The molecule has 0 radical (unpaired) electrons. The van der Waals surface area contributed by atoms with E-state index in [2.05, 4.69) is 15.4 Å². The highest BCUT2D eigenvalue weighted by molar-refractivity contribution is 5.88. The van der Waals surface area contributed by atoms with Crippen molar-refractivity contribution in [3.05, 3.63) is 41.5 Å². The molecule has 1 unspecified atom stereocenters. The molecule has 5 heteroatoms. The third-order valence-electron chi connectivity index (χ3n) is 3.05. The van der Waals surface area contributed by atoms with Gasteiger partial charge in [-0.25, -0.2) is 4.79 Å². The molecule has 0 saturated heterocycles. The van der Waals surface area contributed by atoms with E-state index in [1.54, 1.807) is 13.0 Å². The molecule has 0 spiro atoms. The lowest BCUT2D eigenvalue weighted by Crippen LogP contribution is -2.19. The van der Waals surface area contributed by atoms with Crippen molar-refractivity contribution in [2.75, 3.05) is 19.0 Å². The normalized spacial score (nSPS) is 12.7. The summed E-state index contributed by atoms with van der Waals surface area (Å²) < 4.78 is 4.63. The van der Waals surface area contributed by atoms with Gasteiger partial charge in [0.1, 0.15) is 0 Å². The first kappa shape index (κ1) is 16.9. The van der Waals surface area contributed by atoms with Crippen LogP contribution >= 0.6 is 0 Å². The summed E-state index contributed by atoms with van der Waals surface area (Å²) in [6, 6.07) is 7.75. The quantitative estimate of drug-likeness (QED) is 0.623. The summed E-state index contributed by atoms with van der Waals surface area (Å²) in [5, 5.41) is 6.05. The van der Waals surface area contributed by atoms with Crippen molar-refractivity contribution in [1.82, 2.24) is 5.32 Å². The van der Waals surface area contributed by atoms with E-state index >= 15 is 0 Å². The Labute approximate surface area is 125 Å². The van der Waals surface area contributed by atoms with Crippen LogP contribution in [0.5, 0.6) is 0 Å². The fourth-order valence-electron chi connectivity index (χ4n) is 1.84. The lowest BCUT2D eigenvalue weighted by molar-refractivity contribution is -0.136. The Bertz CT molecular complexity index is 538. The van der Waals surface area contributed by atoms with Gasteiger partial charge in [0.2, 0.25) is 5.91 Å². The molecule has 1 atom stereocenters. The molecular weight excluding hydrogens is 268 g/mol. The number of benzene rings is 1. The van der Waals surface area contributed by atoms with E-state index in [0.29, 0.717) is 12.1 Å². The standard InChI is InChI=1S/C16H22N2O3/c1-11(16(20)21-4)8-9-17-12(2)14-6-5-7-15(10-14)18-13(3)19/h5-8,10,12,17H,9H2,1-4H3,(H,18,19)/b11-8+. The van der Waals surface area contributed by atoms with Crippen LogP contribution in [-0.2, 0) is 14.3 Å². The van der Waals surface area contributed by atoms with Gasteiger partial charge in [0, 0.05) is 30.8 Å². The molecule has 0 bridgehead atoms. The van der Waals surface area contributed by atoms with E-state index in [1.807, 2.05) is 31.2 Å². The number of carbonyl (C=O) groups excluding carboxylic acids is 2. The van der Waals surface area contributed by atoms with Crippen molar-refractivity contribution in [1.29, 1.82) is 0 Å². The van der Waals surface area contributed by atoms with Gasteiger partial charge in [-0.2, -0.15) is 0 Å². The van der Waals surface area contributed by atoms with Gasteiger partial charge in [0.15, 0.2) is 0 Å². The maximum Gasteiger partial charge on any atom is 0.333 e. The molecule has 21 heavy (non-hydrogen) atoms. The second-order valence-electron chi connectivity index (χ2n) is 4.82. The number of hydrogen-bond donors (Lipinski definition) is 2. The molecular formula is C16H22N2O3. The van der Waals surface area contributed by atoms with Crippen molar-refractivity contribution < 1.29 is 14.3 Å². The number of nitrogens with one attached hydrogen (secondary N) is 2. The lowest BCUT2D eigenvalue weighted by atomic mass is 10.1. The highest BCUT2D eigenvalue weighted by Gasteiger charge is 2.06. The van der Waals surface area contributed by atoms with E-state index in [1.165, 1.54) is 14.0 Å². The summed E-state index contributed by atoms with van der Waals surface area (Å²) in [6.07, 6.45) is 1.79. The third-order valence-corrected chi connectivity index (χ3v) is 3.05. The molecule has 5 nitrogen and oxygen atoms in total. The molecule has 0 aromatic heterocycles. The first-order chi connectivity index (χ1) is 9.93. The first-order valence-corrected chi connectivity index (χ1v) is 6.80. The third kappa shape index (κ3) is 5.79. The number of esters is 1. The summed E-state index contributed by atoms with van der Waals surface area (Å²) in [6.45, 7) is 5.78. The van der Waals surface area contributed by atoms with Crippen molar-refractivity contribution in [2.45, 2.75) is 26.8 Å². The SMILES string of the molecule is COC(=O)/C(C)=C/CNC(C)c1cccc(NC(C)=O)c1. The maximum atomic E-state index is 11.2. The second kappa shape index (κ2) is 8.21. The monoisotopic (exact) mass is 290 g/mol. The van der Waals surface area contributed by atoms with E-state index in [4.69, 9.17) is 0 Å². The molecule has 0 fully saturated rings. The first-order valence-electron chi connectivity index (χ1n) is 6.80. The van der Waals surface area contributed by atoms with Crippen LogP contribution in [0.3, 0.4) is 0 Å². The fraction of sp³-hybridized carbons (Fsp3) is 0.375. The Hall–Kier alpha value is -2.14. The zero-order chi connectivity index (χ0) is 15.8. The van der Waals surface area contributed by atoms with E-state index in [9.17, 15) is 9.59 Å². The highest BCUT2D eigenvalue weighted by atomic mass is 16.5. The Morgan fingerprint density at radius 2 is 2.05 bits per heavy atom. The molecule has 1 amide bonds. The molecule has 0 saturated carbocycles. The van der Waals surface area contributed by atoms with E-state index < -0.39 is 0 Å². The van der Waals surface area contributed by atoms with Crippen LogP contribution in [0.1, 0.15) is 32.4 Å². The zero-order valence-corrected chi connectivity index (χ0v) is 12.9. The predicted octanol–water partition coefficient (Wildman–Crippen LogP) is 2.41. The summed E-state index contributed by atoms with van der Waals surface area (Å²) in [4.78, 5) is 22.3. The lowest BCUT2D eigenvalue weighted by Gasteiger charge is -2.14. The number of hydrogen-bond acceptors (Lipinski definition) is 4. The summed E-state index contributed by atoms with van der Waals surface area (Å²) in [5.41, 5.74) is 2.41. The van der Waals surface area contributed by atoms with Gasteiger partial charge < -0.3 is 15.4 Å². The zero-order valence-electron chi connectivity index (χ0n) is 12.9. The minimum absolute atomic E-state index is 0.0931. The Morgan fingerprint density at radius 3 is 2.67 bits per heavy atom. The molecule has 0 aliphatic heterocycles. The average molecular weight is 290 g/mol. The Balaban J connectivity index is 2.61. The summed E-state index contributed by atoms with van der Waals surface area (Å²) >= 11 is 0. The largest absolute Gasteiger partial charge is 0.466 e. The highest BCUT2D eigenvalue weighted by Crippen LogP contribution is 2.17. The predicted molar refractivity (Wildman–Crippen MR) is 82.9 cm³/mol. The minimum Gasteiger partial charge on any atom is -0.466 e. The van der Waals surface area contributed by atoms with Crippen LogP contribution in [0.2, 0.25) is 0 Å². The Morgan fingerprint density at radius 1 is 1.33 bits per heavy atom. The molecule has 0 aliphatic rings. The van der Waals surface area contributed by atoms with Crippen molar-refractivity contribution >= 4 is 17.6 Å². The van der Waals surface area contributed by atoms with Crippen LogP contribution in [-0.4, -0.2) is 25.5 Å². The molecule has 0 aliphatic carbocycles. The number of methoxy groups -OCH3 is 1. The molecule has 114 valence electrons. The molecule has 1 aromatic rings. The van der Waals surface area contributed by atoms with Gasteiger partial charge in [0.05, 0.1) is 7.11 Å². The Kier molecular flexibility index (Phi) is 6.62. The second-order valence-corrected chi connectivity index (χ2v) is 4.82. The number of carbonyl (C=O) groups is 2. The van der Waals surface area contributed by atoms with Gasteiger partial charge in [-0.15, -0.1) is 0 Å². The van der Waals surface area contributed by atoms with Crippen LogP contribution in [0, 0.1) is 0 Å². The van der Waals surface area contributed by atoms with Gasteiger partial charge in [-0.3, -0.25) is 4.79 Å². The van der Waals surface area contributed by atoms with Crippen molar-refractivity contribution in [3.63, 3.8) is 0 Å². The van der Waals surface area contributed by atoms with Gasteiger partial charge >= 0.3 is 5.97 Å². The number of amides is 1. The van der Waals surface area contributed by atoms with E-state index in [0.717, 1.165) is 11.3 Å². The minimum atomic E-state index is -0.322. The fourth-order valence-corrected chi connectivity index (χ4v) is 1.84. The topological polar surface area (TPSA) is 67.4 Å². The van der Waals surface area contributed by atoms with Crippen molar-refractivity contribution in [2.24, 2.45) is 0 Å². The molecule has 1 rings (SSSR count). The summed E-state index contributed by atoms with van der Waals surface area (Å²) in [5.74, 6) is -0.415. The van der Waals surface area contributed by atoms with Crippen LogP contribution in [0.25, 0.3) is 0 Å².